The molecular weight excluding hydrogens is 322 g/mol. The lowest BCUT2D eigenvalue weighted by Crippen LogP contribution is -2.59. The van der Waals surface area contributed by atoms with Crippen molar-refractivity contribution < 1.29 is 9.90 Å². The van der Waals surface area contributed by atoms with E-state index in [-0.39, 0.29) is 17.2 Å². The zero-order valence-electron chi connectivity index (χ0n) is 14.9. The third-order valence-electron chi connectivity index (χ3n) is 6.78. The van der Waals surface area contributed by atoms with Gasteiger partial charge < -0.3 is 10.4 Å². The molecule has 0 aliphatic heterocycles. The third kappa shape index (κ3) is 2.70. The molecule has 6 rings (SSSR count). The monoisotopic (exact) mass is 347 g/mol. The maximum atomic E-state index is 12.7. The van der Waals surface area contributed by atoms with Gasteiger partial charge in [-0.3, -0.25) is 4.79 Å². The van der Waals surface area contributed by atoms with Crippen LogP contribution in [0, 0.1) is 17.8 Å². The molecule has 2 aromatic carbocycles. The van der Waals surface area contributed by atoms with Crippen LogP contribution in [0.2, 0.25) is 0 Å². The quantitative estimate of drug-likeness (QED) is 0.795. The number of hydrogen-bond donors (Lipinski definition) is 2. The molecule has 3 nitrogen and oxygen atoms in total. The van der Waals surface area contributed by atoms with Crippen LogP contribution in [0.5, 0.6) is 5.75 Å². The lowest BCUT2D eigenvalue weighted by atomic mass is 9.53. The molecule has 0 unspecified atom stereocenters. The lowest BCUT2D eigenvalue weighted by Gasteiger charge is -2.56. The van der Waals surface area contributed by atoms with E-state index < -0.39 is 0 Å². The number of nitrogens with one attached hydrogen (secondary N) is 1. The SMILES string of the molecule is O=C(/C=C/c1ccc(O)c2ccccc12)NC12CC3CC(CC(C3)C1)C2. The van der Waals surface area contributed by atoms with Gasteiger partial charge in [-0.2, -0.15) is 0 Å². The molecule has 134 valence electrons. The largest absolute Gasteiger partial charge is 0.507 e. The average Bonchev–Trinajstić information content (AvgIpc) is 2.60. The molecular formula is C23H25NO2. The van der Waals surface area contributed by atoms with Crippen LogP contribution >= 0.6 is 0 Å². The summed E-state index contributed by atoms with van der Waals surface area (Å²) in [5.41, 5.74) is 1.01. The number of phenols is 1. The van der Waals surface area contributed by atoms with Crippen LogP contribution < -0.4 is 5.32 Å². The zero-order valence-corrected chi connectivity index (χ0v) is 14.9. The molecule has 0 heterocycles. The van der Waals surface area contributed by atoms with Crippen LogP contribution in [0.15, 0.2) is 42.5 Å². The highest BCUT2D eigenvalue weighted by atomic mass is 16.3. The molecule has 4 aliphatic carbocycles. The highest BCUT2D eigenvalue weighted by Crippen LogP contribution is 2.55. The summed E-state index contributed by atoms with van der Waals surface area (Å²) in [6.07, 6.45) is 11.2. The van der Waals surface area contributed by atoms with Gasteiger partial charge in [0.2, 0.25) is 5.91 Å². The Bertz CT molecular complexity index is 863. The summed E-state index contributed by atoms with van der Waals surface area (Å²) in [5.74, 6) is 2.77. The summed E-state index contributed by atoms with van der Waals surface area (Å²) in [5, 5.41) is 15.2. The summed E-state index contributed by atoms with van der Waals surface area (Å²) in [7, 11) is 0. The first-order chi connectivity index (χ1) is 12.6. The highest BCUT2D eigenvalue weighted by molar-refractivity contribution is 5.98. The molecule has 2 N–H and O–H groups in total. The van der Waals surface area contributed by atoms with Crippen molar-refractivity contribution in [2.75, 3.05) is 0 Å². The molecule has 1 amide bonds. The van der Waals surface area contributed by atoms with Crippen molar-refractivity contribution in [1.82, 2.24) is 5.32 Å². The Morgan fingerprint density at radius 2 is 1.58 bits per heavy atom. The predicted molar refractivity (Wildman–Crippen MR) is 104 cm³/mol. The Kier molecular flexibility index (Phi) is 3.59. The van der Waals surface area contributed by atoms with E-state index >= 15 is 0 Å². The van der Waals surface area contributed by atoms with Crippen molar-refractivity contribution in [2.45, 2.75) is 44.1 Å². The lowest BCUT2D eigenvalue weighted by molar-refractivity contribution is -0.122. The Morgan fingerprint density at radius 3 is 2.23 bits per heavy atom. The molecule has 4 aliphatic rings. The van der Waals surface area contributed by atoms with E-state index in [0.29, 0.717) is 0 Å². The van der Waals surface area contributed by atoms with E-state index in [1.165, 1.54) is 38.5 Å². The van der Waals surface area contributed by atoms with Gasteiger partial charge in [-0.15, -0.1) is 0 Å². The molecule has 2 aromatic rings. The zero-order chi connectivity index (χ0) is 17.7. The minimum Gasteiger partial charge on any atom is -0.507 e. The van der Waals surface area contributed by atoms with E-state index in [1.54, 1.807) is 12.1 Å². The molecule has 26 heavy (non-hydrogen) atoms. The number of phenolic OH excluding ortho intramolecular Hbond substituents is 1. The number of aromatic hydroxyl groups is 1. The van der Waals surface area contributed by atoms with Crippen molar-refractivity contribution in [1.29, 1.82) is 0 Å². The number of hydrogen-bond acceptors (Lipinski definition) is 2. The second-order valence-electron chi connectivity index (χ2n) is 8.74. The van der Waals surface area contributed by atoms with E-state index in [0.717, 1.165) is 34.1 Å². The van der Waals surface area contributed by atoms with Crippen molar-refractivity contribution in [3.8, 4) is 5.75 Å². The van der Waals surface area contributed by atoms with Crippen LogP contribution in [0.25, 0.3) is 16.8 Å². The summed E-state index contributed by atoms with van der Waals surface area (Å²) in [6, 6.07) is 11.3. The van der Waals surface area contributed by atoms with Crippen LogP contribution in [-0.2, 0) is 4.79 Å². The summed E-state index contributed by atoms with van der Waals surface area (Å²) < 4.78 is 0. The Morgan fingerprint density at radius 1 is 0.962 bits per heavy atom. The Hall–Kier alpha value is -2.29. The normalized spacial score (nSPS) is 32.4. The van der Waals surface area contributed by atoms with Crippen molar-refractivity contribution in [3.63, 3.8) is 0 Å². The first kappa shape index (κ1) is 15.9. The molecule has 4 fully saturated rings. The molecule has 0 spiro atoms. The van der Waals surface area contributed by atoms with E-state index in [1.807, 2.05) is 36.4 Å². The first-order valence-corrected chi connectivity index (χ1v) is 9.81. The fourth-order valence-electron chi connectivity index (χ4n) is 6.18. The van der Waals surface area contributed by atoms with Crippen LogP contribution in [0.1, 0.15) is 44.1 Å². The van der Waals surface area contributed by atoms with Crippen LogP contribution in [0.4, 0.5) is 0 Å². The Balaban J connectivity index is 1.36. The van der Waals surface area contributed by atoms with Gasteiger partial charge in [0.1, 0.15) is 5.75 Å². The van der Waals surface area contributed by atoms with Crippen molar-refractivity contribution >= 4 is 22.8 Å². The van der Waals surface area contributed by atoms with Gasteiger partial charge in [-0.05, 0) is 79.4 Å². The third-order valence-corrected chi connectivity index (χ3v) is 6.78. The molecule has 4 bridgehead atoms. The Labute approximate surface area is 154 Å². The van der Waals surface area contributed by atoms with Gasteiger partial charge in [0.15, 0.2) is 0 Å². The van der Waals surface area contributed by atoms with Crippen molar-refractivity contribution in [2.24, 2.45) is 17.8 Å². The fraction of sp³-hybridized carbons (Fsp3) is 0.435. The molecule has 0 saturated heterocycles. The number of benzene rings is 2. The molecule has 0 radical (unpaired) electrons. The van der Waals surface area contributed by atoms with Gasteiger partial charge in [0.05, 0.1) is 0 Å². The average molecular weight is 347 g/mol. The van der Waals surface area contributed by atoms with E-state index in [2.05, 4.69) is 5.32 Å². The highest BCUT2D eigenvalue weighted by Gasteiger charge is 2.51. The van der Waals surface area contributed by atoms with Gasteiger partial charge in [0, 0.05) is 17.0 Å². The van der Waals surface area contributed by atoms with Gasteiger partial charge in [-0.1, -0.05) is 30.3 Å². The molecule has 0 aromatic heterocycles. The summed E-state index contributed by atoms with van der Waals surface area (Å²) in [6.45, 7) is 0. The smallest absolute Gasteiger partial charge is 0.244 e. The number of carbonyl (C=O) groups is 1. The second kappa shape index (κ2) is 5.87. The number of carbonyl (C=O) groups excluding carboxylic acids is 1. The second-order valence-corrected chi connectivity index (χ2v) is 8.74. The van der Waals surface area contributed by atoms with Gasteiger partial charge in [0.25, 0.3) is 0 Å². The number of fused-ring (bicyclic) bond motifs is 1. The summed E-state index contributed by atoms with van der Waals surface area (Å²) in [4.78, 5) is 12.7. The minimum atomic E-state index is 0.0177. The number of amides is 1. The predicted octanol–water partition coefficient (Wildman–Crippen LogP) is 4.64. The van der Waals surface area contributed by atoms with Crippen molar-refractivity contribution in [3.05, 3.63) is 48.0 Å². The molecule has 4 saturated carbocycles. The molecule has 0 atom stereocenters. The topological polar surface area (TPSA) is 49.3 Å². The summed E-state index contributed by atoms with van der Waals surface area (Å²) >= 11 is 0. The molecule has 3 heteroatoms. The maximum Gasteiger partial charge on any atom is 0.244 e. The maximum absolute atomic E-state index is 12.7. The fourth-order valence-corrected chi connectivity index (χ4v) is 6.18. The van der Waals surface area contributed by atoms with Crippen LogP contribution in [0.3, 0.4) is 0 Å². The number of rotatable bonds is 3. The van der Waals surface area contributed by atoms with E-state index in [9.17, 15) is 9.90 Å². The minimum absolute atomic E-state index is 0.0177. The first-order valence-electron chi connectivity index (χ1n) is 9.81. The van der Waals surface area contributed by atoms with E-state index in [4.69, 9.17) is 0 Å². The van der Waals surface area contributed by atoms with Crippen LogP contribution in [-0.4, -0.2) is 16.6 Å². The van der Waals surface area contributed by atoms with Gasteiger partial charge >= 0.3 is 0 Å². The standard InChI is InChI=1S/C23H25NO2/c25-21-7-5-18(19-3-1-2-4-20(19)21)6-8-22(26)24-23-12-15-9-16(13-23)11-17(10-15)14-23/h1-8,15-17,25H,9-14H2,(H,24,26)/b8-6+. The van der Waals surface area contributed by atoms with Gasteiger partial charge in [-0.25, -0.2) is 0 Å².